The van der Waals surface area contributed by atoms with Gasteiger partial charge in [-0.1, -0.05) is 17.2 Å². The van der Waals surface area contributed by atoms with Crippen molar-refractivity contribution in [3.05, 3.63) is 59.2 Å². The molecule has 5 heteroatoms. The molecule has 0 aliphatic carbocycles. The number of nitrogens with zero attached hydrogens (tertiary/aromatic N) is 1. The number of benzene rings is 2. The summed E-state index contributed by atoms with van der Waals surface area (Å²) < 4.78 is 5.43. The Kier molecular flexibility index (Phi) is 5.26. The van der Waals surface area contributed by atoms with Gasteiger partial charge in [0.15, 0.2) is 0 Å². The van der Waals surface area contributed by atoms with E-state index in [1.165, 1.54) is 0 Å². The summed E-state index contributed by atoms with van der Waals surface area (Å²) in [4.78, 5) is 26.6. The van der Waals surface area contributed by atoms with Crippen molar-refractivity contribution in [2.45, 2.75) is 33.2 Å². The van der Waals surface area contributed by atoms with Crippen LogP contribution >= 0.6 is 0 Å². The molecule has 2 aromatic carbocycles. The van der Waals surface area contributed by atoms with Crippen molar-refractivity contribution in [2.24, 2.45) is 0 Å². The zero-order chi connectivity index (χ0) is 18.7. The molecule has 5 nitrogen and oxygen atoms in total. The van der Waals surface area contributed by atoms with E-state index in [0.29, 0.717) is 25.1 Å². The minimum atomic E-state index is -0.192. The number of hydrogen-bond donors (Lipinski definition) is 1. The molecule has 0 unspecified atom stereocenters. The molecular weight excluding hydrogens is 328 g/mol. The molecule has 1 heterocycles. The van der Waals surface area contributed by atoms with E-state index >= 15 is 0 Å². The summed E-state index contributed by atoms with van der Waals surface area (Å²) in [7, 11) is 0. The fraction of sp³-hybridized carbons (Fsp3) is 0.333. The zero-order valence-electron chi connectivity index (χ0n) is 15.4. The van der Waals surface area contributed by atoms with Crippen molar-refractivity contribution in [3.8, 4) is 5.75 Å². The van der Waals surface area contributed by atoms with E-state index in [0.717, 1.165) is 22.6 Å². The van der Waals surface area contributed by atoms with Crippen molar-refractivity contribution >= 4 is 17.5 Å². The highest BCUT2D eigenvalue weighted by atomic mass is 16.5. The molecule has 0 bridgehead atoms. The molecule has 136 valence electrons. The lowest BCUT2D eigenvalue weighted by atomic mass is 10.1. The van der Waals surface area contributed by atoms with Crippen LogP contribution in [0.15, 0.2) is 42.5 Å². The van der Waals surface area contributed by atoms with E-state index in [1.54, 1.807) is 4.90 Å². The Morgan fingerprint density at radius 3 is 2.42 bits per heavy atom. The normalized spacial score (nSPS) is 16.7. The fourth-order valence-electron chi connectivity index (χ4n) is 3.32. The number of carbonyl (C=O) groups excluding carboxylic acids is 2. The Balaban J connectivity index is 1.66. The van der Waals surface area contributed by atoms with Gasteiger partial charge >= 0.3 is 0 Å². The maximum atomic E-state index is 12.5. The van der Waals surface area contributed by atoms with Crippen LogP contribution < -0.4 is 15.0 Å². The standard InChI is InChI=1S/C21H24N2O3/c1-4-26-19-7-5-18(6-8-19)23-13-17(12-20(23)24)22-21(25)16-10-14(2)9-15(3)11-16/h5-11,17H,4,12-13H2,1-3H3,(H,22,25)/t17-/m1/s1. The first-order valence-corrected chi connectivity index (χ1v) is 8.88. The van der Waals surface area contributed by atoms with Crippen LogP contribution in [0.4, 0.5) is 5.69 Å². The number of hydrogen-bond acceptors (Lipinski definition) is 3. The van der Waals surface area contributed by atoms with E-state index in [4.69, 9.17) is 4.74 Å². The molecule has 1 atom stereocenters. The van der Waals surface area contributed by atoms with Gasteiger partial charge in [-0.05, 0) is 57.2 Å². The van der Waals surface area contributed by atoms with Gasteiger partial charge in [-0.15, -0.1) is 0 Å². The summed E-state index contributed by atoms with van der Waals surface area (Å²) in [5, 5.41) is 2.99. The molecule has 26 heavy (non-hydrogen) atoms. The van der Waals surface area contributed by atoms with Gasteiger partial charge in [-0.2, -0.15) is 0 Å². The van der Waals surface area contributed by atoms with Gasteiger partial charge in [0.2, 0.25) is 5.91 Å². The molecule has 3 rings (SSSR count). The van der Waals surface area contributed by atoms with Crippen LogP contribution in [0.25, 0.3) is 0 Å². The molecule has 0 spiro atoms. The van der Waals surface area contributed by atoms with Gasteiger partial charge in [0.05, 0.1) is 12.6 Å². The van der Waals surface area contributed by atoms with Crippen molar-refractivity contribution in [3.63, 3.8) is 0 Å². The fourth-order valence-corrected chi connectivity index (χ4v) is 3.32. The molecule has 0 radical (unpaired) electrons. The number of rotatable bonds is 5. The minimum absolute atomic E-state index is 0.0138. The number of aryl methyl sites for hydroxylation is 2. The second kappa shape index (κ2) is 7.60. The van der Waals surface area contributed by atoms with Crippen LogP contribution in [0.1, 0.15) is 34.8 Å². The van der Waals surface area contributed by atoms with Crippen LogP contribution in [0.3, 0.4) is 0 Å². The Labute approximate surface area is 154 Å². The topological polar surface area (TPSA) is 58.6 Å². The van der Waals surface area contributed by atoms with Crippen LogP contribution in [0.5, 0.6) is 5.75 Å². The van der Waals surface area contributed by atoms with Crippen molar-refractivity contribution in [1.29, 1.82) is 0 Å². The molecule has 0 aromatic heterocycles. The maximum absolute atomic E-state index is 12.5. The van der Waals surface area contributed by atoms with Crippen LogP contribution in [-0.2, 0) is 4.79 Å². The number of carbonyl (C=O) groups is 2. The van der Waals surface area contributed by atoms with Crippen LogP contribution in [-0.4, -0.2) is 31.0 Å². The third-order valence-corrected chi connectivity index (χ3v) is 4.40. The van der Waals surface area contributed by atoms with E-state index < -0.39 is 0 Å². The molecule has 1 aliphatic rings. The molecule has 1 aliphatic heterocycles. The summed E-state index contributed by atoms with van der Waals surface area (Å²) in [6.45, 7) is 6.95. The van der Waals surface area contributed by atoms with Gasteiger partial charge < -0.3 is 15.0 Å². The SMILES string of the molecule is CCOc1ccc(N2C[C@H](NC(=O)c3cc(C)cc(C)c3)CC2=O)cc1. The molecule has 1 N–H and O–H groups in total. The Morgan fingerprint density at radius 2 is 1.81 bits per heavy atom. The number of anilines is 1. The molecular formula is C21H24N2O3. The first-order chi connectivity index (χ1) is 12.5. The predicted octanol–water partition coefficient (Wildman–Crippen LogP) is 3.24. The molecule has 1 fully saturated rings. The van der Waals surface area contributed by atoms with Gasteiger partial charge in [0.25, 0.3) is 5.91 Å². The summed E-state index contributed by atoms with van der Waals surface area (Å²) in [6, 6.07) is 13.0. The van der Waals surface area contributed by atoms with Crippen LogP contribution in [0.2, 0.25) is 0 Å². The Morgan fingerprint density at radius 1 is 1.15 bits per heavy atom. The third-order valence-electron chi connectivity index (χ3n) is 4.40. The average molecular weight is 352 g/mol. The first kappa shape index (κ1) is 18.0. The minimum Gasteiger partial charge on any atom is -0.494 e. The predicted molar refractivity (Wildman–Crippen MR) is 102 cm³/mol. The molecule has 1 saturated heterocycles. The molecule has 2 amide bonds. The highest BCUT2D eigenvalue weighted by molar-refractivity contribution is 5.99. The first-order valence-electron chi connectivity index (χ1n) is 8.88. The van der Waals surface area contributed by atoms with Gasteiger partial charge in [0.1, 0.15) is 5.75 Å². The van der Waals surface area contributed by atoms with E-state index in [9.17, 15) is 9.59 Å². The zero-order valence-corrected chi connectivity index (χ0v) is 15.4. The smallest absolute Gasteiger partial charge is 0.251 e. The number of amides is 2. The van der Waals surface area contributed by atoms with Crippen molar-refractivity contribution in [2.75, 3.05) is 18.1 Å². The second-order valence-electron chi connectivity index (χ2n) is 6.68. The Bertz CT molecular complexity index is 794. The van der Waals surface area contributed by atoms with Gasteiger partial charge in [-0.3, -0.25) is 9.59 Å². The van der Waals surface area contributed by atoms with Crippen molar-refractivity contribution in [1.82, 2.24) is 5.32 Å². The monoisotopic (exact) mass is 352 g/mol. The third kappa shape index (κ3) is 4.04. The molecule has 2 aromatic rings. The number of ether oxygens (including phenoxy) is 1. The lowest BCUT2D eigenvalue weighted by molar-refractivity contribution is -0.117. The van der Waals surface area contributed by atoms with E-state index in [-0.39, 0.29) is 17.9 Å². The summed E-state index contributed by atoms with van der Waals surface area (Å²) in [5.74, 6) is 0.658. The summed E-state index contributed by atoms with van der Waals surface area (Å²) >= 11 is 0. The highest BCUT2D eigenvalue weighted by Gasteiger charge is 2.31. The van der Waals surface area contributed by atoms with Gasteiger partial charge in [0, 0.05) is 24.2 Å². The maximum Gasteiger partial charge on any atom is 0.251 e. The summed E-state index contributed by atoms with van der Waals surface area (Å²) in [6.07, 6.45) is 0.309. The number of nitrogens with one attached hydrogen (secondary N) is 1. The largest absolute Gasteiger partial charge is 0.494 e. The highest BCUT2D eigenvalue weighted by Crippen LogP contribution is 2.24. The average Bonchev–Trinajstić information content (AvgIpc) is 2.95. The lowest BCUT2D eigenvalue weighted by Crippen LogP contribution is -2.37. The van der Waals surface area contributed by atoms with Crippen LogP contribution in [0, 0.1) is 13.8 Å². The molecule has 0 saturated carbocycles. The quantitative estimate of drug-likeness (QED) is 0.899. The summed E-state index contributed by atoms with van der Waals surface area (Å²) in [5.41, 5.74) is 3.55. The van der Waals surface area contributed by atoms with E-state index in [2.05, 4.69) is 5.32 Å². The van der Waals surface area contributed by atoms with Gasteiger partial charge in [-0.25, -0.2) is 0 Å². The Hall–Kier alpha value is -2.82. The lowest BCUT2D eigenvalue weighted by Gasteiger charge is -2.18. The second-order valence-corrected chi connectivity index (χ2v) is 6.68. The van der Waals surface area contributed by atoms with Crippen molar-refractivity contribution < 1.29 is 14.3 Å². The van der Waals surface area contributed by atoms with E-state index in [1.807, 2.05) is 63.2 Å².